The highest BCUT2D eigenvalue weighted by atomic mass is 19.2. The molecule has 5 heteroatoms. The van der Waals surface area contributed by atoms with Gasteiger partial charge in [0.25, 0.3) is 0 Å². The average molecular weight is 254 g/mol. The van der Waals surface area contributed by atoms with Gasteiger partial charge in [0.15, 0.2) is 17.5 Å². The van der Waals surface area contributed by atoms with Crippen LogP contribution in [0.3, 0.4) is 0 Å². The summed E-state index contributed by atoms with van der Waals surface area (Å²) in [5.74, 6) is -3.60. The Morgan fingerprint density at radius 3 is 2.33 bits per heavy atom. The molecule has 0 aliphatic heterocycles. The Labute approximate surface area is 101 Å². The van der Waals surface area contributed by atoms with E-state index in [0.717, 1.165) is 12.1 Å². The number of hydrogen-bond acceptors (Lipinski definition) is 2. The Morgan fingerprint density at radius 1 is 1.17 bits per heavy atom. The predicted octanol–water partition coefficient (Wildman–Crippen LogP) is 3.50. The fourth-order valence-corrected chi connectivity index (χ4v) is 1.57. The van der Waals surface area contributed by atoms with Crippen LogP contribution < -0.4 is 0 Å². The normalized spacial score (nSPS) is 10.7. The molecular formula is C13H9F3O2. The molecule has 0 bridgehead atoms. The van der Waals surface area contributed by atoms with E-state index in [1.807, 2.05) is 0 Å². The molecule has 0 aliphatic carbocycles. The van der Waals surface area contributed by atoms with Crippen molar-refractivity contribution in [3.63, 3.8) is 0 Å². The number of rotatable bonds is 3. The Kier molecular flexibility index (Phi) is 3.23. The molecule has 0 saturated carbocycles. The first-order valence-corrected chi connectivity index (χ1v) is 5.20. The van der Waals surface area contributed by atoms with E-state index in [0.29, 0.717) is 5.76 Å². The van der Waals surface area contributed by atoms with E-state index >= 15 is 0 Å². The van der Waals surface area contributed by atoms with Crippen molar-refractivity contribution in [3.8, 4) is 11.3 Å². The van der Waals surface area contributed by atoms with Gasteiger partial charge in [-0.05, 0) is 31.2 Å². The third-order valence-corrected chi connectivity index (χ3v) is 2.35. The number of furan rings is 1. The minimum atomic E-state index is -1.52. The zero-order valence-corrected chi connectivity index (χ0v) is 9.47. The topological polar surface area (TPSA) is 30.2 Å². The zero-order chi connectivity index (χ0) is 13.3. The molecule has 18 heavy (non-hydrogen) atoms. The van der Waals surface area contributed by atoms with Crippen LogP contribution in [0.1, 0.15) is 12.7 Å². The van der Waals surface area contributed by atoms with Gasteiger partial charge in [-0.25, -0.2) is 13.2 Å². The van der Waals surface area contributed by atoms with Gasteiger partial charge in [-0.1, -0.05) is 0 Å². The Morgan fingerprint density at radius 2 is 1.78 bits per heavy atom. The molecule has 94 valence electrons. The van der Waals surface area contributed by atoms with Gasteiger partial charge in [0, 0.05) is 5.56 Å². The van der Waals surface area contributed by atoms with Crippen molar-refractivity contribution in [1.29, 1.82) is 0 Å². The van der Waals surface area contributed by atoms with Gasteiger partial charge >= 0.3 is 0 Å². The number of hydrogen-bond donors (Lipinski definition) is 0. The van der Waals surface area contributed by atoms with Crippen molar-refractivity contribution in [1.82, 2.24) is 0 Å². The van der Waals surface area contributed by atoms with E-state index < -0.39 is 17.5 Å². The number of carbonyl (C=O) groups is 1. The van der Waals surface area contributed by atoms with Crippen LogP contribution in [0, 0.1) is 17.5 Å². The van der Waals surface area contributed by atoms with Crippen LogP contribution in [0.5, 0.6) is 0 Å². The first-order valence-electron chi connectivity index (χ1n) is 5.20. The molecule has 0 fully saturated rings. The summed E-state index contributed by atoms with van der Waals surface area (Å²) >= 11 is 0. The molecule has 1 aromatic carbocycles. The highest BCUT2D eigenvalue weighted by Gasteiger charge is 2.14. The van der Waals surface area contributed by atoms with Gasteiger partial charge in [-0.15, -0.1) is 0 Å². The van der Waals surface area contributed by atoms with Crippen LogP contribution in [-0.2, 0) is 11.2 Å². The van der Waals surface area contributed by atoms with Crippen LogP contribution >= 0.6 is 0 Å². The molecule has 0 atom stereocenters. The van der Waals surface area contributed by atoms with Gasteiger partial charge < -0.3 is 4.42 Å². The van der Waals surface area contributed by atoms with Gasteiger partial charge in [-0.2, -0.15) is 0 Å². The van der Waals surface area contributed by atoms with Crippen molar-refractivity contribution in [2.75, 3.05) is 0 Å². The molecule has 2 aromatic rings. The van der Waals surface area contributed by atoms with Crippen molar-refractivity contribution in [2.45, 2.75) is 13.3 Å². The SMILES string of the molecule is CC(=O)Cc1ccc(-c2cc(F)c(F)c(F)c2)o1. The molecule has 0 unspecified atom stereocenters. The molecule has 2 rings (SSSR count). The smallest absolute Gasteiger partial charge is 0.194 e. The summed E-state index contributed by atoms with van der Waals surface area (Å²) in [6, 6.07) is 4.70. The highest BCUT2D eigenvalue weighted by Crippen LogP contribution is 2.25. The predicted molar refractivity (Wildman–Crippen MR) is 58.4 cm³/mol. The number of carbonyl (C=O) groups excluding carboxylic acids is 1. The number of benzene rings is 1. The third kappa shape index (κ3) is 2.45. The summed E-state index contributed by atoms with van der Waals surface area (Å²) in [6.07, 6.45) is 0.103. The third-order valence-electron chi connectivity index (χ3n) is 2.35. The molecular weight excluding hydrogens is 245 g/mol. The minimum Gasteiger partial charge on any atom is -0.461 e. The van der Waals surface area contributed by atoms with Crippen LogP contribution in [0.4, 0.5) is 13.2 Å². The van der Waals surface area contributed by atoms with Crippen LogP contribution in [0.15, 0.2) is 28.7 Å². The van der Waals surface area contributed by atoms with E-state index in [4.69, 9.17) is 4.42 Å². The zero-order valence-electron chi connectivity index (χ0n) is 9.47. The van der Waals surface area contributed by atoms with Crippen LogP contribution in [-0.4, -0.2) is 5.78 Å². The fraction of sp³-hybridized carbons (Fsp3) is 0.154. The second-order valence-electron chi connectivity index (χ2n) is 3.90. The lowest BCUT2D eigenvalue weighted by Gasteiger charge is -2.00. The van der Waals surface area contributed by atoms with Crippen LogP contribution in [0.2, 0.25) is 0 Å². The quantitative estimate of drug-likeness (QED) is 0.785. The largest absolute Gasteiger partial charge is 0.461 e. The molecule has 0 amide bonds. The second kappa shape index (κ2) is 4.68. The molecule has 0 aliphatic rings. The number of halogens is 3. The fourth-order valence-electron chi connectivity index (χ4n) is 1.57. The molecule has 0 spiro atoms. The second-order valence-corrected chi connectivity index (χ2v) is 3.90. The molecule has 1 heterocycles. The Hall–Kier alpha value is -2.04. The molecule has 0 saturated heterocycles. The molecule has 0 radical (unpaired) electrons. The van der Waals surface area contributed by atoms with E-state index in [9.17, 15) is 18.0 Å². The summed E-state index contributed by atoms with van der Waals surface area (Å²) in [5.41, 5.74) is 0.0844. The molecule has 2 nitrogen and oxygen atoms in total. The Bertz CT molecular complexity index is 579. The van der Waals surface area contributed by atoms with E-state index in [2.05, 4.69) is 0 Å². The van der Waals surface area contributed by atoms with Crippen molar-refractivity contribution < 1.29 is 22.4 Å². The van der Waals surface area contributed by atoms with Crippen molar-refractivity contribution in [3.05, 3.63) is 47.5 Å². The maximum Gasteiger partial charge on any atom is 0.194 e. The van der Waals surface area contributed by atoms with Gasteiger partial charge in [0.2, 0.25) is 0 Å². The molecule has 0 N–H and O–H groups in total. The lowest BCUT2D eigenvalue weighted by Crippen LogP contribution is -1.93. The standard InChI is InChI=1S/C13H9F3O2/c1-7(17)4-9-2-3-12(18-9)8-5-10(14)13(16)11(15)6-8/h2-3,5-6H,4H2,1H3. The maximum atomic E-state index is 13.0. The minimum absolute atomic E-state index is 0.0844. The van der Waals surface area contributed by atoms with Gasteiger partial charge in [0.05, 0.1) is 6.42 Å². The average Bonchev–Trinajstić information content (AvgIpc) is 2.72. The first-order chi connectivity index (χ1) is 8.47. The summed E-state index contributed by atoms with van der Waals surface area (Å²) in [7, 11) is 0. The van der Waals surface area contributed by atoms with E-state index in [-0.39, 0.29) is 23.5 Å². The summed E-state index contributed by atoms with van der Waals surface area (Å²) in [6.45, 7) is 1.40. The first kappa shape index (κ1) is 12.4. The maximum absolute atomic E-state index is 13.0. The summed E-state index contributed by atoms with van der Waals surface area (Å²) in [4.78, 5) is 10.9. The summed E-state index contributed by atoms with van der Waals surface area (Å²) in [5, 5.41) is 0. The Balaban J connectivity index is 2.37. The van der Waals surface area contributed by atoms with Crippen molar-refractivity contribution in [2.24, 2.45) is 0 Å². The number of ketones is 1. The highest BCUT2D eigenvalue weighted by molar-refractivity contribution is 5.77. The van der Waals surface area contributed by atoms with Gasteiger partial charge in [-0.3, -0.25) is 4.79 Å². The molecule has 1 aromatic heterocycles. The lowest BCUT2D eigenvalue weighted by atomic mass is 10.1. The number of Topliss-reactive ketones (excluding diaryl/α,β-unsaturated/α-hetero) is 1. The lowest BCUT2D eigenvalue weighted by molar-refractivity contribution is -0.116. The van der Waals surface area contributed by atoms with E-state index in [1.54, 1.807) is 0 Å². The van der Waals surface area contributed by atoms with Crippen LogP contribution in [0.25, 0.3) is 11.3 Å². The van der Waals surface area contributed by atoms with Gasteiger partial charge in [0.1, 0.15) is 17.3 Å². The summed E-state index contributed by atoms with van der Waals surface area (Å²) < 4.78 is 44.1. The van der Waals surface area contributed by atoms with E-state index in [1.165, 1.54) is 19.1 Å². The monoisotopic (exact) mass is 254 g/mol. The van der Waals surface area contributed by atoms with Crippen molar-refractivity contribution >= 4 is 5.78 Å².